The maximum Gasteiger partial charge on any atom is 0.350 e. The van der Waals surface area contributed by atoms with E-state index in [0.29, 0.717) is 0 Å². The molecule has 0 saturated heterocycles. The lowest BCUT2D eigenvalue weighted by molar-refractivity contribution is 0.0746. The molecule has 1 heterocycles. The van der Waals surface area contributed by atoms with Crippen molar-refractivity contribution in [1.29, 1.82) is 0 Å². The van der Waals surface area contributed by atoms with Crippen molar-refractivity contribution in [3.63, 3.8) is 0 Å². The Balaban J connectivity index is 2.62. The number of hydrogen-bond acceptors (Lipinski definition) is 4. The summed E-state index contributed by atoms with van der Waals surface area (Å²) < 4.78 is 16.6. The van der Waals surface area contributed by atoms with Gasteiger partial charge in [0.2, 0.25) is 0 Å². The summed E-state index contributed by atoms with van der Waals surface area (Å²) in [6.45, 7) is 1.66. The van der Waals surface area contributed by atoms with E-state index in [0.717, 1.165) is 0 Å². The van der Waals surface area contributed by atoms with Crippen LogP contribution in [0.15, 0.2) is 21.9 Å². The molecule has 1 aromatic heterocycles. The fraction of sp³-hybridized carbons (Fsp3) is 0.500. The second-order valence-electron chi connectivity index (χ2n) is 3.53. The molecule has 0 aliphatic carbocycles. The highest BCUT2D eigenvalue weighted by Gasteiger charge is 2.15. The monoisotopic (exact) mass is 264 g/mol. The van der Waals surface area contributed by atoms with Crippen LogP contribution in [0.3, 0.4) is 0 Å². The van der Waals surface area contributed by atoms with E-state index in [1.165, 1.54) is 16.8 Å². The van der Waals surface area contributed by atoms with E-state index in [2.05, 4.69) is 4.98 Å². The van der Waals surface area contributed by atoms with Gasteiger partial charge in [0.1, 0.15) is 6.35 Å². The molecule has 0 aliphatic heterocycles. The van der Waals surface area contributed by atoms with E-state index < -0.39 is 31.3 Å². The lowest BCUT2D eigenvalue weighted by Gasteiger charge is -2.14. The van der Waals surface area contributed by atoms with Gasteiger partial charge in [0, 0.05) is 12.3 Å². The molecule has 0 saturated carbocycles. The molecule has 1 rings (SSSR count). The number of rotatable bonds is 5. The summed E-state index contributed by atoms with van der Waals surface area (Å²) in [7, 11) is -4.21. The molecule has 0 bridgehead atoms. The van der Waals surface area contributed by atoms with Crippen LogP contribution in [0.2, 0.25) is 0 Å². The van der Waals surface area contributed by atoms with Crippen molar-refractivity contribution in [2.45, 2.75) is 19.6 Å². The lowest BCUT2D eigenvalue weighted by Crippen LogP contribution is -2.32. The van der Waals surface area contributed by atoms with Crippen LogP contribution in [-0.2, 0) is 15.8 Å². The number of ether oxygens (including phenoxy) is 1. The molecule has 0 amide bonds. The van der Waals surface area contributed by atoms with Crippen LogP contribution in [0.4, 0.5) is 0 Å². The number of aromatic nitrogens is 2. The highest BCUT2D eigenvalue weighted by atomic mass is 31.2. The van der Waals surface area contributed by atoms with Gasteiger partial charge < -0.3 is 14.5 Å². The van der Waals surface area contributed by atoms with E-state index in [9.17, 15) is 14.2 Å². The Kier molecular flexibility index (Phi) is 4.41. The molecule has 0 aromatic carbocycles. The third-order valence-electron chi connectivity index (χ3n) is 1.88. The number of nitrogens with one attached hydrogen (secondary N) is 1. The first-order valence-corrected chi connectivity index (χ1v) is 6.53. The molecule has 0 radical (unpaired) electrons. The van der Waals surface area contributed by atoms with E-state index in [4.69, 9.17) is 14.5 Å². The topological polar surface area (TPSA) is 122 Å². The Morgan fingerprint density at radius 1 is 1.53 bits per heavy atom. The van der Waals surface area contributed by atoms with Crippen molar-refractivity contribution >= 4 is 7.60 Å². The fourth-order valence-electron chi connectivity index (χ4n) is 1.14. The van der Waals surface area contributed by atoms with Gasteiger partial charge in [-0.25, -0.2) is 4.79 Å². The molecule has 8 nitrogen and oxygen atoms in total. The van der Waals surface area contributed by atoms with Crippen LogP contribution in [0.1, 0.15) is 6.92 Å². The number of aromatic amines is 1. The first kappa shape index (κ1) is 13.9. The third kappa shape index (κ3) is 5.10. The van der Waals surface area contributed by atoms with Crippen molar-refractivity contribution in [2.75, 3.05) is 6.35 Å². The van der Waals surface area contributed by atoms with Crippen LogP contribution in [0.5, 0.6) is 0 Å². The van der Waals surface area contributed by atoms with Gasteiger partial charge in [-0.15, -0.1) is 0 Å². The first-order chi connectivity index (χ1) is 7.78. The van der Waals surface area contributed by atoms with Crippen molar-refractivity contribution in [2.24, 2.45) is 0 Å². The van der Waals surface area contributed by atoms with E-state index in [1.54, 1.807) is 6.92 Å². The molecule has 9 heteroatoms. The first-order valence-electron chi connectivity index (χ1n) is 4.74. The Morgan fingerprint density at radius 3 is 2.71 bits per heavy atom. The zero-order chi connectivity index (χ0) is 13.1. The summed E-state index contributed by atoms with van der Waals surface area (Å²) in [6.07, 6.45) is 0.0244. The standard InChI is InChI=1S/C8H13N2O6P/c1-6(16-5-17(13,14)15)4-10-3-2-7(11)9-8(10)12/h2-3,6H,4-5H2,1H3,(H,9,11,12)(H2,13,14,15)/t6-/m1/s1. The predicted molar refractivity (Wildman–Crippen MR) is 58.8 cm³/mol. The van der Waals surface area contributed by atoms with Gasteiger partial charge in [-0.3, -0.25) is 18.9 Å². The zero-order valence-electron chi connectivity index (χ0n) is 9.07. The van der Waals surface area contributed by atoms with Gasteiger partial charge in [0.05, 0.1) is 12.6 Å². The quantitative estimate of drug-likeness (QED) is 0.591. The Hall–Kier alpha value is -1.21. The predicted octanol–water partition coefficient (Wildman–Crippen LogP) is -0.923. The van der Waals surface area contributed by atoms with E-state index >= 15 is 0 Å². The van der Waals surface area contributed by atoms with Crippen LogP contribution < -0.4 is 11.2 Å². The Bertz CT molecular complexity index is 529. The molecule has 0 spiro atoms. The van der Waals surface area contributed by atoms with Crippen molar-refractivity contribution in [3.05, 3.63) is 33.1 Å². The normalized spacial score (nSPS) is 13.6. The smallest absolute Gasteiger partial charge is 0.350 e. The summed E-state index contributed by atoms with van der Waals surface area (Å²) in [5, 5.41) is 0. The van der Waals surface area contributed by atoms with Crippen molar-refractivity contribution in [3.8, 4) is 0 Å². The minimum Gasteiger partial charge on any atom is -0.364 e. The number of nitrogens with zero attached hydrogens (tertiary/aromatic N) is 1. The molecule has 0 unspecified atom stereocenters. The SMILES string of the molecule is C[C@H](Cn1ccc(=O)[nH]c1=O)OCP(=O)(O)O. The largest absolute Gasteiger partial charge is 0.364 e. The van der Waals surface area contributed by atoms with E-state index in [1.807, 2.05) is 0 Å². The molecular weight excluding hydrogens is 251 g/mol. The van der Waals surface area contributed by atoms with Gasteiger partial charge in [0.25, 0.3) is 5.56 Å². The minimum atomic E-state index is -4.21. The summed E-state index contributed by atoms with van der Waals surface area (Å²) in [6, 6.07) is 1.18. The summed E-state index contributed by atoms with van der Waals surface area (Å²) in [4.78, 5) is 41.3. The fourth-order valence-corrected chi connectivity index (χ4v) is 1.59. The molecule has 3 N–H and O–H groups in total. The second kappa shape index (κ2) is 5.42. The highest BCUT2D eigenvalue weighted by Crippen LogP contribution is 2.34. The Labute approximate surface area is 96.0 Å². The highest BCUT2D eigenvalue weighted by molar-refractivity contribution is 7.51. The van der Waals surface area contributed by atoms with Crippen LogP contribution in [0, 0.1) is 0 Å². The van der Waals surface area contributed by atoms with Crippen molar-refractivity contribution < 1.29 is 19.1 Å². The number of hydrogen-bond donors (Lipinski definition) is 3. The number of H-pyrrole nitrogens is 1. The minimum absolute atomic E-state index is 0.0929. The third-order valence-corrected chi connectivity index (χ3v) is 2.36. The lowest BCUT2D eigenvalue weighted by atomic mass is 10.4. The average Bonchev–Trinajstić information content (AvgIpc) is 2.18. The zero-order valence-corrected chi connectivity index (χ0v) is 9.96. The maximum atomic E-state index is 11.3. The molecule has 1 aromatic rings. The molecule has 0 aliphatic rings. The summed E-state index contributed by atoms with van der Waals surface area (Å²) in [5.41, 5.74) is -1.10. The van der Waals surface area contributed by atoms with Crippen LogP contribution in [-0.4, -0.2) is 31.8 Å². The van der Waals surface area contributed by atoms with Gasteiger partial charge in [-0.05, 0) is 6.92 Å². The van der Waals surface area contributed by atoms with E-state index in [-0.39, 0.29) is 6.54 Å². The molecule has 1 atom stereocenters. The second-order valence-corrected chi connectivity index (χ2v) is 5.12. The summed E-state index contributed by atoms with van der Waals surface area (Å²) in [5.74, 6) is 0. The molecule has 0 fully saturated rings. The molecule has 17 heavy (non-hydrogen) atoms. The molecular formula is C8H13N2O6P. The van der Waals surface area contributed by atoms with Crippen LogP contribution >= 0.6 is 7.60 Å². The van der Waals surface area contributed by atoms with Gasteiger partial charge in [-0.2, -0.15) is 0 Å². The average molecular weight is 264 g/mol. The summed E-state index contributed by atoms with van der Waals surface area (Å²) >= 11 is 0. The van der Waals surface area contributed by atoms with Gasteiger partial charge in [0.15, 0.2) is 0 Å². The van der Waals surface area contributed by atoms with Gasteiger partial charge in [-0.1, -0.05) is 0 Å². The van der Waals surface area contributed by atoms with Crippen molar-refractivity contribution in [1.82, 2.24) is 9.55 Å². The van der Waals surface area contributed by atoms with Crippen LogP contribution in [0.25, 0.3) is 0 Å². The Morgan fingerprint density at radius 2 is 2.18 bits per heavy atom. The maximum absolute atomic E-state index is 11.3. The van der Waals surface area contributed by atoms with Gasteiger partial charge >= 0.3 is 13.3 Å². The molecule has 96 valence electrons.